The van der Waals surface area contributed by atoms with Gasteiger partial charge >= 0.3 is 6.18 Å². The summed E-state index contributed by atoms with van der Waals surface area (Å²) in [5.41, 5.74) is 0.744. The number of likely N-dealkylation sites (N-methyl/N-ethyl adjacent to an activating group) is 2. The van der Waals surface area contributed by atoms with Gasteiger partial charge in [-0.3, -0.25) is 0 Å². The normalized spacial score (nSPS) is 12.2. The molecule has 6 heteroatoms. The standard InChI is InChI=1S/C18H23F3N2S/c1-6-7-17(14(3)23(5)11-10-22-4)24-16-9-8-15(12-13(16)2)18(19,20)21/h6-9,12,22H,1,3,10-11H2,2,4-5H3/b17-7+. The Morgan fingerprint density at radius 3 is 2.54 bits per heavy atom. The van der Waals surface area contributed by atoms with Crippen LogP contribution in [0.25, 0.3) is 0 Å². The second-order valence-corrected chi connectivity index (χ2v) is 6.40. The Hall–Kier alpha value is -1.66. The van der Waals surface area contributed by atoms with E-state index >= 15 is 0 Å². The van der Waals surface area contributed by atoms with Crippen LogP contribution in [0.5, 0.6) is 0 Å². The summed E-state index contributed by atoms with van der Waals surface area (Å²) >= 11 is 1.39. The fourth-order valence-electron chi connectivity index (χ4n) is 1.96. The van der Waals surface area contributed by atoms with Crippen LogP contribution in [-0.2, 0) is 6.18 Å². The molecule has 0 saturated carbocycles. The highest BCUT2D eigenvalue weighted by atomic mass is 32.2. The van der Waals surface area contributed by atoms with Crippen molar-refractivity contribution in [2.75, 3.05) is 27.2 Å². The number of thioether (sulfide) groups is 1. The van der Waals surface area contributed by atoms with E-state index in [-0.39, 0.29) is 0 Å². The van der Waals surface area contributed by atoms with Gasteiger partial charge in [0.1, 0.15) is 0 Å². The minimum absolute atomic E-state index is 0.579. The number of nitrogens with zero attached hydrogens (tertiary/aromatic N) is 1. The second kappa shape index (κ2) is 8.99. The van der Waals surface area contributed by atoms with Gasteiger partial charge in [-0.05, 0) is 43.8 Å². The first kappa shape index (κ1) is 20.4. The second-order valence-electron chi connectivity index (χ2n) is 5.32. The van der Waals surface area contributed by atoms with E-state index in [0.29, 0.717) is 5.56 Å². The Labute approximate surface area is 146 Å². The van der Waals surface area contributed by atoms with Crippen LogP contribution >= 0.6 is 11.8 Å². The number of hydrogen-bond acceptors (Lipinski definition) is 3. The molecule has 0 aliphatic carbocycles. The third-order valence-corrected chi connectivity index (χ3v) is 4.70. The molecule has 0 aliphatic rings. The summed E-state index contributed by atoms with van der Waals surface area (Å²) in [6.45, 7) is 11.1. The molecule has 0 saturated heterocycles. The average Bonchev–Trinajstić information content (AvgIpc) is 2.52. The lowest BCUT2D eigenvalue weighted by Gasteiger charge is -2.23. The van der Waals surface area contributed by atoms with Crippen molar-refractivity contribution in [3.05, 3.63) is 65.2 Å². The molecule has 1 aromatic carbocycles. The van der Waals surface area contributed by atoms with Gasteiger partial charge < -0.3 is 10.2 Å². The van der Waals surface area contributed by atoms with Gasteiger partial charge in [0, 0.05) is 35.6 Å². The van der Waals surface area contributed by atoms with E-state index in [4.69, 9.17) is 0 Å². The summed E-state index contributed by atoms with van der Waals surface area (Å²) in [5, 5.41) is 3.07. The van der Waals surface area contributed by atoms with Crippen LogP contribution in [0.15, 0.2) is 59.0 Å². The van der Waals surface area contributed by atoms with Gasteiger partial charge in [-0.1, -0.05) is 31.0 Å². The molecule has 1 aromatic rings. The molecule has 0 atom stereocenters. The summed E-state index contributed by atoms with van der Waals surface area (Å²) in [4.78, 5) is 3.61. The lowest BCUT2D eigenvalue weighted by atomic mass is 10.1. The molecule has 0 heterocycles. The van der Waals surface area contributed by atoms with Gasteiger partial charge in [-0.25, -0.2) is 0 Å². The van der Waals surface area contributed by atoms with E-state index in [1.54, 1.807) is 13.0 Å². The van der Waals surface area contributed by atoms with Gasteiger partial charge in [0.2, 0.25) is 0 Å². The predicted molar refractivity (Wildman–Crippen MR) is 96.0 cm³/mol. The van der Waals surface area contributed by atoms with Crippen molar-refractivity contribution in [3.63, 3.8) is 0 Å². The first-order valence-electron chi connectivity index (χ1n) is 7.44. The molecular weight excluding hydrogens is 333 g/mol. The van der Waals surface area contributed by atoms with Gasteiger partial charge in [0.15, 0.2) is 0 Å². The molecule has 1 rings (SSSR count). The van der Waals surface area contributed by atoms with E-state index in [2.05, 4.69) is 18.5 Å². The summed E-state index contributed by atoms with van der Waals surface area (Å²) in [7, 11) is 3.80. The highest BCUT2D eigenvalue weighted by Crippen LogP contribution is 2.37. The summed E-state index contributed by atoms with van der Waals surface area (Å²) < 4.78 is 38.3. The van der Waals surface area contributed by atoms with Crippen LogP contribution < -0.4 is 5.32 Å². The number of benzene rings is 1. The maximum atomic E-state index is 12.8. The van der Waals surface area contributed by atoms with Crippen LogP contribution in [0, 0.1) is 6.92 Å². The molecule has 0 unspecified atom stereocenters. The van der Waals surface area contributed by atoms with Gasteiger partial charge in [0.25, 0.3) is 0 Å². The van der Waals surface area contributed by atoms with Crippen molar-refractivity contribution in [3.8, 4) is 0 Å². The van der Waals surface area contributed by atoms with E-state index in [1.165, 1.54) is 23.9 Å². The topological polar surface area (TPSA) is 15.3 Å². The molecule has 0 spiro atoms. The molecule has 0 radical (unpaired) electrons. The van der Waals surface area contributed by atoms with Crippen molar-refractivity contribution in [2.24, 2.45) is 0 Å². The Balaban J connectivity index is 3.00. The lowest BCUT2D eigenvalue weighted by Crippen LogP contribution is -2.26. The number of alkyl halides is 3. The van der Waals surface area contributed by atoms with Crippen molar-refractivity contribution in [1.82, 2.24) is 10.2 Å². The van der Waals surface area contributed by atoms with Crippen LogP contribution in [0.1, 0.15) is 11.1 Å². The van der Waals surface area contributed by atoms with Gasteiger partial charge in [0.05, 0.1) is 5.56 Å². The maximum absolute atomic E-state index is 12.8. The summed E-state index contributed by atoms with van der Waals surface area (Å²) in [5.74, 6) is 0. The third-order valence-electron chi connectivity index (χ3n) is 3.43. The lowest BCUT2D eigenvalue weighted by molar-refractivity contribution is -0.137. The fourth-order valence-corrected chi connectivity index (χ4v) is 2.99. The van der Waals surface area contributed by atoms with Gasteiger partial charge in [-0.2, -0.15) is 13.2 Å². The Morgan fingerprint density at radius 1 is 1.38 bits per heavy atom. The first-order chi connectivity index (χ1) is 11.2. The zero-order valence-electron chi connectivity index (χ0n) is 14.2. The van der Waals surface area contributed by atoms with Crippen LogP contribution in [-0.4, -0.2) is 32.1 Å². The molecule has 0 aromatic heterocycles. The number of nitrogens with one attached hydrogen (secondary N) is 1. The van der Waals surface area contributed by atoms with Crippen LogP contribution in [0.3, 0.4) is 0 Å². The molecule has 0 fully saturated rings. The number of rotatable bonds is 8. The summed E-state index contributed by atoms with van der Waals surface area (Å²) in [6.07, 6.45) is -0.858. The van der Waals surface area contributed by atoms with Gasteiger partial charge in [-0.15, -0.1) is 0 Å². The molecule has 1 N–H and O–H groups in total. The number of halogens is 3. The predicted octanol–water partition coefficient (Wildman–Crippen LogP) is 4.84. The third kappa shape index (κ3) is 5.76. The van der Waals surface area contributed by atoms with Crippen molar-refractivity contribution >= 4 is 11.8 Å². The Kier molecular flexibility index (Phi) is 7.63. The van der Waals surface area contributed by atoms with Crippen molar-refractivity contribution < 1.29 is 13.2 Å². The zero-order valence-corrected chi connectivity index (χ0v) is 15.0. The SMILES string of the molecule is C=C/C=C(/Sc1ccc(C(F)(F)F)cc1C)C(=C)N(C)CCNC. The van der Waals surface area contributed by atoms with E-state index < -0.39 is 11.7 Å². The quantitative estimate of drug-likeness (QED) is 0.530. The monoisotopic (exact) mass is 356 g/mol. The number of allylic oxidation sites excluding steroid dienone is 2. The zero-order chi connectivity index (χ0) is 18.3. The smallest absolute Gasteiger partial charge is 0.373 e. The number of aryl methyl sites for hydroxylation is 1. The minimum atomic E-state index is -4.33. The van der Waals surface area contributed by atoms with E-state index in [0.717, 1.165) is 34.7 Å². The Morgan fingerprint density at radius 2 is 2.04 bits per heavy atom. The molecule has 24 heavy (non-hydrogen) atoms. The molecule has 132 valence electrons. The number of hydrogen-bond donors (Lipinski definition) is 1. The van der Waals surface area contributed by atoms with Crippen molar-refractivity contribution in [2.45, 2.75) is 18.0 Å². The largest absolute Gasteiger partial charge is 0.416 e. The van der Waals surface area contributed by atoms with Crippen molar-refractivity contribution in [1.29, 1.82) is 0 Å². The van der Waals surface area contributed by atoms with Crippen LogP contribution in [0.4, 0.5) is 13.2 Å². The Bertz CT molecular complexity index is 621. The molecular formula is C18H23F3N2S. The summed E-state index contributed by atoms with van der Waals surface area (Å²) in [6, 6.07) is 3.77. The molecule has 0 bridgehead atoms. The first-order valence-corrected chi connectivity index (χ1v) is 8.25. The van der Waals surface area contributed by atoms with Crippen LogP contribution in [0.2, 0.25) is 0 Å². The molecule has 2 nitrogen and oxygen atoms in total. The average molecular weight is 356 g/mol. The van der Waals surface area contributed by atoms with E-state index in [1.807, 2.05) is 25.1 Å². The minimum Gasteiger partial charge on any atom is -0.373 e. The highest BCUT2D eigenvalue weighted by Gasteiger charge is 2.30. The molecule has 0 aliphatic heterocycles. The van der Waals surface area contributed by atoms with E-state index in [9.17, 15) is 13.2 Å². The fraction of sp³-hybridized carbons (Fsp3) is 0.333. The highest BCUT2D eigenvalue weighted by molar-refractivity contribution is 8.03. The molecule has 0 amide bonds. The maximum Gasteiger partial charge on any atom is 0.416 e.